The van der Waals surface area contributed by atoms with Crippen LogP contribution >= 0.6 is 50.7 Å². The second-order valence-corrected chi connectivity index (χ2v) is 12.5. The van der Waals surface area contributed by atoms with E-state index in [2.05, 4.69) is 26.2 Å². The molecule has 0 amide bonds. The zero-order valence-corrected chi connectivity index (χ0v) is 30.9. The van der Waals surface area contributed by atoms with Crippen LogP contribution in [0.5, 0.6) is 17.2 Å². The lowest BCUT2D eigenvalue weighted by Crippen LogP contribution is -1.90. The van der Waals surface area contributed by atoms with Crippen molar-refractivity contribution in [2.75, 3.05) is 32.4 Å². The summed E-state index contributed by atoms with van der Waals surface area (Å²) in [5.41, 5.74) is 10.4. The second-order valence-electron chi connectivity index (χ2n) is 10.3. The largest absolute Gasteiger partial charge is 0.497 e. The van der Waals surface area contributed by atoms with Gasteiger partial charge in [0.2, 0.25) is 0 Å². The molecule has 1 heterocycles. The van der Waals surface area contributed by atoms with Gasteiger partial charge in [0.25, 0.3) is 0 Å². The first-order chi connectivity index (χ1) is 23.7. The molecule has 0 unspecified atom stereocenters. The molecule has 0 spiro atoms. The standard InChI is InChI=1S/C13H10ClNO.C13H12ClNO.C7H9NO.C6H4BrCl/c1-16-9-3-5-13-11(7-9)10-6-8(14)2-4-12(10)15-13;1-16-13-8-6-12(7-9-13)15-11-4-2-10(14)3-5-11;1-9-7-4-2-6(8)3-5-7;7-5-1-3-6(8)4-2-5/h2-7,15H,1H3;2-9,15H,1H3;2-5H,8H2,1H3;1-4H. The van der Waals surface area contributed by atoms with Gasteiger partial charge in [-0.3, -0.25) is 0 Å². The molecular weight excluding hydrogens is 745 g/mol. The smallest absolute Gasteiger partial charge is 0.119 e. The average molecular weight is 780 g/mol. The summed E-state index contributed by atoms with van der Waals surface area (Å²) in [4.78, 5) is 3.34. The maximum atomic E-state index is 6.00. The summed E-state index contributed by atoms with van der Waals surface area (Å²) >= 11 is 20.7. The third-order valence-electron chi connectivity index (χ3n) is 6.91. The highest BCUT2D eigenvalue weighted by Gasteiger charge is 2.05. The maximum Gasteiger partial charge on any atom is 0.119 e. The van der Waals surface area contributed by atoms with E-state index < -0.39 is 0 Å². The minimum absolute atomic E-state index is 0.736. The van der Waals surface area contributed by atoms with Crippen LogP contribution in [-0.4, -0.2) is 26.3 Å². The van der Waals surface area contributed by atoms with Crippen LogP contribution in [0, 0.1) is 0 Å². The third kappa shape index (κ3) is 11.8. The number of aromatic nitrogens is 1. The summed E-state index contributed by atoms with van der Waals surface area (Å²) in [5.74, 6) is 2.54. The molecule has 7 rings (SSSR count). The average Bonchev–Trinajstić information content (AvgIpc) is 3.49. The van der Waals surface area contributed by atoms with E-state index in [-0.39, 0.29) is 0 Å². The van der Waals surface area contributed by atoms with Crippen LogP contribution in [0.15, 0.2) is 138 Å². The van der Waals surface area contributed by atoms with Crippen molar-refractivity contribution in [1.29, 1.82) is 0 Å². The Morgan fingerprint density at radius 1 is 0.510 bits per heavy atom. The van der Waals surface area contributed by atoms with E-state index in [4.69, 9.17) is 54.7 Å². The lowest BCUT2D eigenvalue weighted by atomic mass is 10.1. The van der Waals surface area contributed by atoms with Gasteiger partial charge in [-0.25, -0.2) is 0 Å². The van der Waals surface area contributed by atoms with Gasteiger partial charge in [0.1, 0.15) is 17.2 Å². The minimum atomic E-state index is 0.736. The Labute approximate surface area is 309 Å². The monoisotopic (exact) mass is 777 g/mol. The Morgan fingerprint density at radius 3 is 1.43 bits per heavy atom. The zero-order chi connectivity index (χ0) is 35.2. The summed E-state index contributed by atoms with van der Waals surface area (Å²) in [7, 11) is 4.95. The molecule has 6 nitrogen and oxygen atoms in total. The Hall–Kier alpha value is -4.53. The molecule has 0 aliphatic carbocycles. The van der Waals surface area contributed by atoms with E-state index in [1.54, 1.807) is 33.5 Å². The number of ether oxygens (including phenoxy) is 3. The molecule has 0 bridgehead atoms. The molecule has 0 fully saturated rings. The van der Waals surface area contributed by atoms with Gasteiger partial charge in [-0.15, -0.1) is 0 Å². The quantitative estimate of drug-likeness (QED) is 0.152. The molecule has 0 saturated carbocycles. The molecule has 0 aliphatic heterocycles. The van der Waals surface area contributed by atoms with Crippen molar-refractivity contribution < 1.29 is 14.2 Å². The topological polar surface area (TPSA) is 81.5 Å². The number of methoxy groups -OCH3 is 3. The van der Waals surface area contributed by atoms with Crippen LogP contribution in [-0.2, 0) is 0 Å². The predicted octanol–water partition coefficient (Wildman–Crippen LogP) is 12.5. The Morgan fingerprint density at radius 2 is 0.918 bits per heavy atom. The normalized spacial score (nSPS) is 10.0. The van der Waals surface area contributed by atoms with Crippen molar-refractivity contribution in [1.82, 2.24) is 4.98 Å². The van der Waals surface area contributed by atoms with Gasteiger partial charge in [0.05, 0.1) is 21.3 Å². The van der Waals surface area contributed by atoms with Crippen LogP contribution < -0.4 is 25.3 Å². The van der Waals surface area contributed by atoms with E-state index in [1.165, 1.54) is 0 Å². The lowest BCUT2D eigenvalue weighted by molar-refractivity contribution is 0.415. The maximum absolute atomic E-state index is 6.00. The molecule has 0 aliphatic rings. The number of nitrogen functional groups attached to an aromatic ring is 1. The number of nitrogens with one attached hydrogen (secondary N) is 2. The van der Waals surface area contributed by atoms with Crippen molar-refractivity contribution in [3.63, 3.8) is 0 Å². The van der Waals surface area contributed by atoms with Crippen LogP contribution in [0.4, 0.5) is 17.1 Å². The molecule has 10 heteroatoms. The number of fused-ring (bicyclic) bond motifs is 3. The molecule has 6 aromatic carbocycles. The lowest BCUT2D eigenvalue weighted by Gasteiger charge is -2.07. The molecule has 1 aromatic heterocycles. The first kappa shape index (κ1) is 37.3. The predicted molar refractivity (Wildman–Crippen MR) is 212 cm³/mol. The molecule has 0 radical (unpaired) electrons. The first-order valence-electron chi connectivity index (χ1n) is 14.9. The highest BCUT2D eigenvalue weighted by molar-refractivity contribution is 9.10. The SMILES string of the molecule is COc1ccc(N)cc1.COc1ccc(Nc2ccc(Cl)cc2)cc1.COc1ccc2[nH]c3ccc(Cl)cc3c2c1.Clc1ccc(Br)cc1. The Kier molecular flexibility index (Phi) is 14.4. The fourth-order valence-corrected chi connectivity index (χ4v) is 5.07. The van der Waals surface area contributed by atoms with Crippen molar-refractivity contribution >= 4 is 89.6 Å². The minimum Gasteiger partial charge on any atom is -0.497 e. The summed E-state index contributed by atoms with van der Waals surface area (Å²) in [6.45, 7) is 0. The highest BCUT2D eigenvalue weighted by Crippen LogP contribution is 2.30. The van der Waals surface area contributed by atoms with Gasteiger partial charge >= 0.3 is 0 Å². The molecule has 4 N–H and O–H groups in total. The van der Waals surface area contributed by atoms with E-state index in [0.29, 0.717) is 0 Å². The van der Waals surface area contributed by atoms with E-state index >= 15 is 0 Å². The van der Waals surface area contributed by atoms with Gasteiger partial charge in [-0.2, -0.15) is 0 Å². The molecular formula is C39H35BrCl3N3O3. The molecule has 0 saturated heterocycles. The van der Waals surface area contributed by atoms with Crippen LogP contribution in [0.1, 0.15) is 0 Å². The Balaban J connectivity index is 0.000000154. The Bertz CT molecular complexity index is 2020. The van der Waals surface area contributed by atoms with Crippen molar-refractivity contribution in [2.45, 2.75) is 0 Å². The third-order valence-corrected chi connectivity index (χ3v) is 8.18. The van der Waals surface area contributed by atoms with Crippen molar-refractivity contribution in [2.24, 2.45) is 0 Å². The number of aromatic amines is 1. The number of H-pyrrole nitrogens is 1. The number of nitrogens with two attached hydrogens (primary N) is 1. The second kappa shape index (κ2) is 18.9. The van der Waals surface area contributed by atoms with Gasteiger partial charge in [0.15, 0.2) is 0 Å². The first-order valence-corrected chi connectivity index (χ1v) is 16.8. The fourth-order valence-electron chi connectivity index (χ4n) is 4.38. The van der Waals surface area contributed by atoms with Crippen molar-refractivity contribution in [3.05, 3.63) is 153 Å². The number of anilines is 3. The van der Waals surface area contributed by atoms with Gasteiger partial charge in [-0.05, 0) is 133 Å². The summed E-state index contributed by atoms with van der Waals surface area (Å²) in [6.07, 6.45) is 0. The van der Waals surface area contributed by atoms with Gasteiger partial charge < -0.3 is 30.2 Å². The van der Waals surface area contributed by atoms with Crippen LogP contribution in [0.3, 0.4) is 0 Å². The molecule has 7 aromatic rings. The van der Waals surface area contributed by atoms with E-state index in [0.717, 1.165) is 75.7 Å². The number of benzene rings is 6. The molecule has 252 valence electrons. The van der Waals surface area contributed by atoms with Gasteiger partial charge in [0, 0.05) is 58.4 Å². The zero-order valence-electron chi connectivity index (χ0n) is 27.0. The van der Waals surface area contributed by atoms with E-state index in [9.17, 15) is 0 Å². The number of halogens is 4. The van der Waals surface area contributed by atoms with Gasteiger partial charge in [-0.1, -0.05) is 50.7 Å². The van der Waals surface area contributed by atoms with Crippen LogP contribution in [0.2, 0.25) is 15.1 Å². The van der Waals surface area contributed by atoms with Crippen molar-refractivity contribution in [3.8, 4) is 17.2 Å². The van der Waals surface area contributed by atoms with Crippen LogP contribution in [0.25, 0.3) is 21.8 Å². The summed E-state index contributed by atoms with van der Waals surface area (Å²) in [6, 6.07) is 41.9. The number of rotatable bonds is 5. The number of hydrogen-bond donors (Lipinski definition) is 3. The molecule has 49 heavy (non-hydrogen) atoms. The fraction of sp³-hybridized carbons (Fsp3) is 0.0769. The summed E-state index contributed by atoms with van der Waals surface area (Å²) < 4.78 is 16.3. The molecule has 0 atom stereocenters. The number of hydrogen-bond acceptors (Lipinski definition) is 5. The van der Waals surface area contributed by atoms with E-state index in [1.807, 2.05) is 121 Å². The summed E-state index contributed by atoms with van der Waals surface area (Å²) in [5, 5.41) is 7.78. The highest BCUT2D eigenvalue weighted by atomic mass is 79.9.